The Kier molecular flexibility index (Phi) is 1.71. The van der Waals surface area contributed by atoms with Crippen LogP contribution in [0.3, 0.4) is 0 Å². The monoisotopic (exact) mass is 219 g/mol. The summed E-state index contributed by atoms with van der Waals surface area (Å²) in [6.45, 7) is 0. The largest absolute Gasteiger partial charge is 0.481 e. The lowest BCUT2D eigenvalue weighted by Crippen LogP contribution is -1.98. The highest BCUT2D eigenvalue weighted by atomic mass is 16.4. The van der Waals surface area contributed by atoms with Crippen LogP contribution in [0.2, 0.25) is 0 Å². The van der Waals surface area contributed by atoms with E-state index in [1.54, 1.807) is 12.1 Å². The van der Waals surface area contributed by atoms with Gasteiger partial charge in [-0.15, -0.1) is 0 Å². The van der Waals surface area contributed by atoms with Crippen LogP contribution in [-0.4, -0.2) is 16.1 Å². The number of hydrogen-bond acceptors (Lipinski definition) is 3. The number of carboxylic acid groups (broad SMARTS) is 1. The molecule has 3 rings (SSSR count). The van der Waals surface area contributed by atoms with Crippen molar-refractivity contribution in [1.29, 1.82) is 0 Å². The Labute approximate surface area is 89.7 Å². The van der Waals surface area contributed by atoms with Crippen LogP contribution in [0.25, 0.3) is 11.1 Å². The number of aromatic nitrogens is 1. The molecule has 0 aliphatic heterocycles. The summed E-state index contributed by atoms with van der Waals surface area (Å²) in [7, 11) is 0. The molecule has 0 saturated heterocycles. The Bertz CT molecular complexity index is 624. The van der Waals surface area contributed by atoms with Crippen molar-refractivity contribution in [3.8, 4) is 0 Å². The molecule has 82 valence electrons. The molecule has 1 aliphatic rings. The molecule has 1 fully saturated rings. The van der Waals surface area contributed by atoms with Gasteiger partial charge in [0.15, 0.2) is 5.58 Å². The SMILES string of the molecule is O=C(O)C1CC1c1ccc2[nH]c(=O)oc2c1. The third kappa shape index (κ3) is 1.32. The van der Waals surface area contributed by atoms with Gasteiger partial charge in [-0.25, -0.2) is 4.79 Å². The number of nitrogens with one attached hydrogen (secondary N) is 1. The Balaban J connectivity index is 2.00. The summed E-state index contributed by atoms with van der Waals surface area (Å²) in [5.41, 5.74) is 2.04. The number of rotatable bonds is 2. The molecule has 1 heterocycles. The third-order valence-electron chi connectivity index (χ3n) is 2.98. The highest BCUT2D eigenvalue weighted by molar-refractivity contribution is 5.77. The molecule has 1 aromatic carbocycles. The molecule has 5 heteroatoms. The van der Waals surface area contributed by atoms with Crippen LogP contribution in [0, 0.1) is 5.92 Å². The van der Waals surface area contributed by atoms with E-state index in [1.807, 2.05) is 6.07 Å². The van der Waals surface area contributed by atoms with Crippen molar-refractivity contribution in [2.45, 2.75) is 12.3 Å². The molecule has 2 unspecified atom stereocenters. The lowest BCUT2D eigenvalue weighted by atomic mass is 10.1. The van der Waals surface area contributed by atoms with Gasteiger partial charge in [-0.1, -0.05) is 6.07 Å². The summed E-state index contributed by atoms with van der Waals surface area (Å²) >= 11 is 0. The summed E-state index contributed by atoms with van der Waals surface area (Å²) < 4.78 is 4.92. The smallest absolute Gasteiger partial charge is 0.417 e. The molecule has 16 heavy (non-hydrogen) atoms. The number of fused-ring (bicyclic) bond motifs is 1. The molecular weight excluding hydrogens is 210 g/mol. The van der Waals surface area contributed by atoms with Crippen LogP contribution >= 0.6 is 0 Å². The summed E-state index contributed by atoms with van der Waals surface area (Å²) in [6, 6.07) is 5.31. The lowest BCUT2D eigenvalue weighted by molar-refractivity contribution is -0.138. The van der Waals surface area contributed by atoms with E-state index in [4.69, 9.17) is 9.52 Å². The van der Waals surface area contributed by atoms with Gasteiger partial charge in [0, 0.05) is 0 Å². The molecule has 0 bridgehead atoms. The van der Waals surface area contributed by atoms with Crippen LogP contribution in [0.15, 0.2) is 27.4 Å². The van der Waals surface area contributed by atoms with E-state index in [9.17, 15) is 9.59 Å². The summed E-state index contributed by atoms with van der Waals surface area (Å²) in [6.07, 6.45) is 0.662. The molecule has 0 radical (unpaired) electrons. The van der Waals surface area contributed by atoms with Crippen LogP contribution in [0.5, 0.6) is 0 Å². The molecule has 2 atom stereocenters. The quantitative estimate of drug-likeness (QED) is 0.797. The lowest BCUT2D eigenvalue weighted by Gasteiger charge is -1.97. The van der Waals surface area contributed by atoms with Crippen LogP contribution in [0.4, 0.5) is 0 Å². The van der Waals surface area contributed by atoms with Gasteiger partial charge in [0.25, 0.3) is 0 Å². The normalized spacial score (nSPS) is 23.5. The Hall–Kier alpha value is -2.04. The van der Waals surface area contributed by atoms with Crippen LogP contribution < -0.4 is 5.76 Å². The molecule has 1 saturated carbocycles. The zero-order valence-electron chi connectivity index (χ0n) is 8.27. The van der Waals surface area contributed by atoms with Gasteiger partial charge < -0.3 is 9.52 Å². The maximum Gasteiger partial charge on any atom is 0.417 e. The molecule has 2 N–H and O–H groups in total. The zero-order valence-corrected chi connectivity index (χ0v) is 8.27. The molecule has 2 aromatic rings. The third-order valence-corrected chi connectivity index (χ3v) is 2.98. The first-order chi connectivity index (χ1) is 7.65. The van der Waals surface area contributed by atoms with Crippen molar-refractivity contribution in [3.63, 3.8) is 0 Å². The average molecular weight is 219 g/mol. The minimum absolute atomic E-state index is 0.0575. The Morgan fingerprint density at radius 1 is 1.50 bits per heavy atom. The first kappa shape index (κ1) is 9.21. The molecule has 5 nitrogen and oxygen atoms in total. The van der Waals surface area contributed by atoms with Crippen molar-refractivity contribution >= 4 is 17.1 Å². The van der Waals surface area contributed by atoms with Crippen LogP contribution in [0.1, 0.15) is 17.9 Å². The fraction of sp³-hybridized carbons (Fsp3) is 0.273. The second-order valence-corrected chi connectivity index (χ2v) is 4.06. The fourth-order valence-corrected chi connectivity index (χ4v) is 2.03. The van der Waals surface area contributed by atoms with E-state index in [0.29, 0.717) is 17.5 Å². The highest BCUT2D eigenvalue weighted by Gasteiger charge is 2.44. The number of carbonyl (C=O) groups is 1. The van der Waals surface area contributed by atoms with Gasteiger partial charge in [-0.3, -0.25) is 9.78 Å². The first-order valence-electron chi connectivity index (χ1n) is 5.01. The van der Waals surface area contributed by atoms with Crippen molar-refractivity contribution < 1.29 is 14.3 Å². The molecule has 1 aromatic heterocycles. The Morgan fingerprint density at radius 3 is 3.00 bits per heavy atom. The number of H-pyrrole nitrogens is 1. The highest BCUT2D eigenvalue weighted by Crippen LogP contribution is 2.47. The predicted octanol–water partition coefficient (Wildman–Crippen LogP) is 1.31. The summed E-state index contributed by atoms with van der Waals surface area (Å²) in [5, 5.41) is 8.82. The van der Waals surface area contributed by atoms with Gasteiger partial charge in [-0.2, -0.15) is 0 Å². The minimum Gasteiger partial charge on any atom is -0.481 e. The average Bonchev–Trinajstić information content (AvgIpc) is 2.94. The molecule has 1 aliphatic carbocycles. The van der Waals surface area contributed by atoms with Crippen molar-refractivity contribution in [1.82, 2.24) is 4.98 Å². The first-order valence-corrected chi connectivity index (χ1v) is 5.01. The fourth-order valence-electron chi connectivity index (χ4n) is 2.03. The van der Waals surface area contributed by atoms with E-state index in [1.165, 1.54) is 0 Å². The number of carboxylic acids is 1. The van der Waals surface area contributed by atoms with Crippen molar-refractivity contribution in [2.75, 3.05) is 0 Å². The number of aromatic amines is 1. The topological polar surface area (TPSA) is 83.3 Å². The standard InChI is InChI=1S/C11H9NO4/c13-10(14)7-4-6(7)5-1-2-8-9(3-5)16-11(15)12-8/h1-3,6-7H,4H2,(H,12,15)(H,13,14). The molecule has 0 spiro atoms. The van der Waals surface area contributed by atoms with Gasteiger partial charge >= 0.3 is 11.7 Å². The van der Waals surface area contributed by atoms with E-state index >= 15 is 0 Å². The summed E-state index contributed by atoms with van der Waals surface area (Å²) in [5.74, 6) is -1.48. The predicted molar refractivity (Wildman–Crippen MR) is 55.3 cm³/mol. The second kappa shape index (κ2) is 2.98. The van der Waals surface area contributed by atoms with E-state index in [-0.39, 0.29) is 11.8 Å². The number of aliphatic carboxylic acids is 1. The van der Waals surface area contributed by atoms with Gasteiger partial charge in [0.05, 0.1) is 11.4 Å². The number of benzene rings is 1. The van der Waals surface area contributed by atoms with Crippen molar-refractivity contribution in [3.05, 3.63) is 34.3 Å². The van der Waals surface area contributed by atoms with Gasteiger partial charge in [0.1, 0.15) is 0 Å². The Morgan fingerprint density at radius 2 is 2.31 bits per heavy atom. The van der Waals surface area contributed by atoms with Gasteiger partial charge in [0.2, 0.25) is 0 Å². The zero-order chi connectivity index (χ0) is 11.3. The van der Waals surface area contributed by atoms with E-state index in [0.717, 1.165) is 5.56 Å². The van der Waals surface area contributed by atoms with E-state index in [2.05, 4.69) is 4.98 Å². The molecule has 0 amide bonds. The number of oxazole rings is 1. The van der Waals surface area contributed by atoms with Crippen LogP contribution in [-0.2, 0) is 4.79 Å². The summed E-state index contributed by atoms with van der Waals surface area (Å²) in [4.78, 5) is 24.2. The minimum atomic E-state index is -0.763. The van der Waals surface area contributed by atoms with Gasteiger partial charge in [-0.05, 0) is 30.0 Å². The maximum atomic E-state index is 10.9. The second-order valence-electron chi connectivity index (χ2n) is 4.06. The number of hydrogen-bond donors (Lipinski definition) is 2. The van der Waals surface area contributed by atoms with E-state index < -0.39 is 11.7 Å². The van der Waals surface area contributed by atoms with Crippen molar-refractivity contribution in [2.24, 2.45) is 5.92 Å². The maximum absolute atomic E-state index is 10.9. The molecular formula is C11H9NO4.